The zero-order valence-electron chi connectivity index (χ0n) is 20.5. The minimum absolute atomic E-state index is 0.0498. The summed E-state index contributed by atoms with van der Waals surface area (Å²) in [6.45, 7) is 0. The van der Waals surface area contributed by atoms with Gasteiger partial charge in [-0.1, -0.05) is 40.9 Å². The molecule has 1 fully saturated rings. The Hall–Kier alpha value is -2.50. The number of rotatable bonds is 8. The first-order chi connectivity index (χ1) is 19.4. The fourth-order valence-corrected chi connectivity index (χ4v) is 5.89. The molecule has 42 heavy (non-hydrogen) atoms. The molecule has 3 aromatic rings. The van der Waals surface area contributed by atoms with Gasteiger partial charge in [-0.15, -0.1) is 23.2 Å². The Morgan fingerprint density at radius 1 is 0.833 bits per heavy atom. The van der Waals surface area contributed by atoms with E-state index >= 15 is 0 Å². The fourth-order valence-electron chi connectivity index (χ4n) is 4.33. The zero-order valence-corrected chi connectivity index (χ0v) is 24.3. The van der Waals surface area contributed by atoms with Crippen molar-refractivity contribution in [3.63, 3.8) is 0 Å². The Bertz CT molecular complexity index is 1610. The van der Waals surface area contributed by atoms with E-state index in [1.165, 1.54) is 24.3 Å². The summed E-state index contributed by atoms with van der Waals surface area (Å²) >= 11 is 30.4. The van der Waals surface area contributed by atoms with E-state index in [2.05, 4.69) is 5.32 Å². The molecule has 2 unspecified atom stereocenters. The molecule has 0 bridgehead atoms. The lowest BCUT2D eigenvalue weighted by Crippen LogP contribution is -2.25. The van der Waals surface area contributed by atoms with Crippen molar-refractivity contribution < 1.29 is 40.7 Å². The SMILES string of the molecule is O=C(Cc1ccc(F)c(CC(=O)C(F)(F)F)c1F)c1cc(NC(=O)C2C(c3cc(Cl)c(F)c(Cl)c3)C2(Cl)Cl)ccc1Cl. The van der Waals surface area contributed by atoms with E-state index in [0.717, 1.165) is 12.1 Å². The molecule has 3 aromatic carbocycles. The normalized spacial score (nSPS) is 17.6. The van der Waals surface area contributed by atoms with Crippen LogP contribution in [-0.4, -0.2) is 28.0 Å². The van der Waals surface area contributed by atoms with E-state index in [1.54, 1.807) is 0 Å². The third-order valence-electron chi connectivity index (χ3n) is 6.51. The number of hydrogen-bond acceptors (Lipinski definition) is 3. The van der Waals surface area contributed by atoms with Crippen molar-refractivity contribution in [3.05, 3.63) is 97.2 Å². The highest BCUT2D eigenvalue weighted by atomic mass is 35.5. The third-order valence-corrected chi connectivity index (χ3v) is 8.33. The van der Waals surface area contributed by atoms with Crippen molar-refractivity contribution in [1.82, 2.24) is 0 Å². The standard InChI is InChI=1S/C27H14Cl5F6NO3/c28-15-3-2-12(39-25(42)22-21(26(22,31)32)11-5-16(29)24(35)17(30)6-11)8-13(15)19(40)7-10-1-4-18(33)14(23(10)34)9-20(41)27(36,37)38/h1-6,8,21-22H,7,9H2,(H,39,42). The van der Waals surface area contributed by atoms with Crippen LogP contribution in [0.25, 0.3) is 0 Å². The Morgan fingerprint density at radius 2 is 1.45 bits per heavy atom. The predicted molar refractivity (Wildman–Crippen MR) is 146 cm³/mol. The molecule has 0 spiro atoms. The molecule has 2 atom stereocenters. The number of Topliss-reactive ketones (excluding diaryl/α,β-unsaturated/α-hetero) is 2. The molecule has 4 rings (SSSR count). The second-order valence-electron chi connectivity index (χ2n) is 9.31. The van der Waals surface area contributed by atoms with Gasteiger partial charge in [0.05, 0.1) is 21.0 Å². The van der Waals surface area contributed by atoms with Gasteiger partial charge in [-0.2, -0.15) is 13.2 Å². The maximum atomic E-state index is 14.9. The van der Waals surface area contributed by atoms with E-state index in [9.17, 15) is 40.7 Å². The summed E-state index contributed by atoms with van der Waals surface area (Å²) < 4.78 is 79.0. The molecule has 4 nitrogen and oxygen atoms in total. The number of amides is 1. The second kappa shape index (κ2) is 11.9. The second-order valence-corrected chi connectivity index (χ2v) is 12.0. The van der Waals surface area contributed by atoms with Crippen LogP contribution in [0.15, 0.2) is 42.5 Å². The highest BCUT2D eigenvalue weighted by Crippen LogP contribution is 2.65. The Labute approximate surface area is 258 Å². The molecule has 0 aromatic heterocycles. The molecule has 0 radical (unpaired) electrons. The maximum Gasteiger partial charge on any atom is 0.450 e. The fraction of sp³-hybridized carbons (Fsp3) is 0.222. The van der Waals surface area contributed by atoms with Crippen molar-refractivity contribution in [1.29, 1.82) is 0 Å². The van der Waals surface area contributed by atoms with Crippen LogP contribution in [0.1, 0.15) is 33.0 Å². The van der Waals surface area contributed by atoms with Crippen LogP contribution >= 0.6 is 58.0 Å². The van der Waals surface area contributed by atoms with Gasteiger partial charge in [-0.3, -0.25) is 14.4 Å². The van der Waals surface area contributed by atoms with Crippen molar-refractivity contribution in [2.24, 2.45) is 5.92 Å². The van der Waals surface area contributed by atoms with Gasteiger partial charge in [-0.05, 0) is 47.5 Å². The summed E-state index contributed by atoms with van der Waals surface area (Å²) in [5.74, 6) is -9.47. The Kier molecular flexibility index (Phi) is 9.17. The lowest BCUT2D eigenvalue weighted by atomic mass is 9.98. The minimum atomic E-state index is -5.31. The van der Waals surface area contributed by atoms with E-state index in [0.29, 0.717) is 11.6 Å². The average molecular weight is 692 g/mol. The van der Waals surface area contributed by atoms with Crippen LogP contribution in [0.2, 0.25) is 15.1 Å². The number of benzene rings is 3. The topological polar surface area (TPSA) is 63.2 Å². The maximum absolute atomic E-state index is 14.9. The highest BCUT2D eigenvalue weighted by Gasteiger charge is 2.67. The molecule has 1 amide bonds. The average Bonchev–Trinajstić information content (AvgIpc) is 3.48. The van der Waals surface area contributed by atoms with Crippen molar-refractivity contribution >= 4 is 81.2 Å². The van der Waals surface area contributed by atoms with Crippen LogP contribution in [0, 0.1) is 23.4 Å². The van der Waals surface area contributed by atoms with E-state index in [-0.39, 0.29) is 26.3 Å². The van der Waals surface area contributed by atoms with Crippen molar-refractivity contribution in [2.75, 3.05) is 5.32 Å². The molecule has 0 aliphatic heterocycles. The first kappa shape index (κ1) is 32.4. The quantitative estimate of drug-likeness (QED) is 0.111. The van der Waals surface area contributed by atoms with E-state index in [1.807, 2.05) is 0 Å². The number of carbonyl (C=O) groups is 3. The summed E-state index contributed by atoms with van der Waals surface area (Å²) in [5, 5.41) is 1.81. The molecule has 15 heteroatoms. The van der Waals surface area contributed by atoms with E-state index < -0.39 is 81.2 Å². The van der Waals surface area contributed by atoms with Crippen LogP contribution in [-0.2, 0) is 22.4 Å². The van der Waals surface area contributed by atoms with Gasteiger partial charge in [-0.25, -0.2) is 13.2 Å². The first-order valence-electron chi connectivity index (χ1n) is 11.6. The van der Waals surface area contributed by atoms with Crippen LogP contribution in [0.3, 0.4) is 0 Å². The largest absolute Gasteiger partial charge is 0.450 e. The molecule has 1 N–H and O–H groups in total. The van der Waals surface area contributed by atoms with Crippen molar-refractivity contribution in [2.45, 2.75) is 29.3 Å². The summed E-state index contributed by atoms with van der Waals surface area (Å²) in [6, 6.07) is 7.70. The lowest BCUT2D eigenvalue weighted by molar-refractivity contribution is -0.170. The highest BCUT2D eigenvalue weighted by molar-refractivity contribution is 6.53. The van der Waals surface area contributed by atoms with Crippen LogP contribution in [0.4, 0.5) is 32.0 Å². The zero-order chi connectivity index (χ0) is 31.3. The molecular formula is C27H14Cl5F6NO3. The Morgan fingerprint density at radius 3 is 2.05 bits per heavy atom. The predicted octanol–water partition coefficient (Wildman–Crippen LogP) is 8.69. The van der Waals surface area contributed by atoms with Crippen LogP contribution < -0.4 is 5.32 Å². The summed E-state index contributed by atoms with van der Waals surface area (Å²) in [7, 11) is 0. The van der Waals surface area contributed by atoms with Crippen LogP contribution in [0.5, 0.6) is 0 Å². The Balaban J connectivity index is 1.53. The lowest BCUT2D eigenvalue weighted by Gasteiger charge is -2.12. The number of ketones is 2. The molecule has 1 aliphatic carbocycles. The summed E-state index contributed by atoms with van der Waals surface area (Å²) in [5.41, 5.74) is -1.47. The smallest absolute Gasteiger partial charge is 0.326 e. The molecule has 0 saturated heterocycles. The molecular weight excluding hydrogens is 678 g/mol. The minimum Gasteiger partial charge on any atom is -0.326 e. The van der Waals surface area contributed by atoms with Gasteiger partial charge in [0.1, 0.15) is 16.0 Å². The van der Waals surface area contributed by atoms with Gasteiger partial charge in [0, 0.05) is 35.6 Å². The van der Waals surface area contributed by atoms with Gasteiger partial charge >= 0.3 is 6.18 Å². The van der Waals surface area contributed by atoms with Gasteiger partial charge < -0.3 is 5.32 Å². The monoisotopic (exact) mass is 689 g/mol. The number of alkyl halides is 5. The first-order valence-corrected chi connectivity index (χ1v) is 13.5. The number of halogens is 11. The third kappa shape index (κ3) is 6.53. The van der Waals surface area contributed by atoms with E-state index in [4.69, 9.17) is 58.0 Å². The van der Waals surface area contributed by atoms with Crippen molar-refractivity contribution in [3.8, 4) is 0 Å². The number of nitrogens with one attached hydrogen (secondary N) is 1. The molecule has 1 aliphatic rings. The van der Waals surface area contributed by atoms with Gasteiger partial charge in [0.2, 0.25) is 11.7 Å². The van der Waals surface area contributed by atoms with Gasteiger partial charge in [0.15, 0.2) is 11.6 Å². The molecule has 222 valence electrons. The summed E-state index contributed by atoms with van der Waals surface area (Å²) in [4.78, 5) is 37.3. The number of carbonyl (C=O) groups excluding carboxylic acids is 3. The number of hydrogen-bond donors (Lipinski definition) is 1. The summed E-state index contributed by atoms with van der Waals surface area (Å²) in [6.07, 6.45) is -7.67. The van der Waals surface area contributed by atoms with Gasteiger partial charge in [0.25, 0.3) is 0 Å². The molecule has 1 saturated carbocycles. The number of anilines is 1. The molecule has 0 heterocycles.